The fourth-order valence-electron chi connectivity index (χ4n) is 4.31. The zero-order chi connectivity index (χ0) is 23.5. The van der Waals surface area contributed by atoms with Crippen molar-refractivity contribution in [1.82, 2.24) is 19.5 Å². The third-order valence-corrected chi connectivity index (χ3v) is 6.95. The minimum absolute atomic E-state index is 0.525. The number of thiophene rings is 1. The topological polar surface area (TPSA) is 69.7 Å². The second-order valence-corrected chi connectivity index (χ2v) is 9.06. The molecular formula is C26H24N6OS. The summed E-state index contributed by atoms with van der Waals surface area (Å²) in [4.78, 5) is 10.8. The molecule has 0 aliphatic carbocycles. The van der Waals surface area contributed by atoms with E-state index in [9.17, 15) is 5.26 Å². The summed E-state index contributed by atoms with van der Waals surface area (Å²) in [5, 5.41) is 15.9. The molecule has 1 fully saturated rings. The molecular weight excluding hydrogens is 444 g/mol. The Morgan fingerprint density at radius 3 is 2.71 bits per heavy atom. The van der Waals surface area contributed by atoms with E-state index in [1.165, 1.54) is 4.88 Å². The first-order chi connectivity index (χ1) is 16.7. The first-order valence-corrected chi connectivity index (χ1v) is 12.1. The van der Waals surface area contributed by atoms with E-state index < -0.39 is 0 Å². The van der Waals surface area contributed by atoms with Crippen molar-refractivity contribution in [3.63, 3.8) is 0 Å². The number of aromatic nitrogens is 3. The predicted octanol–water partition coefficient (Wildman–Crippen LogP) is 4.03. The van der Waals surface area contributed by atoms with E-state index in [1.807, 2.05) is 31.3 Å². The zero-order valence-corrected chi connectivity index (χ0v) is 19.8. The normalized spacial score (nSPS) is 14.1. The molecule has 0 aromatic carbocycles. The molecule has 4 aromatic heterocycles. The largest absolute Gasteiger partial charge is 0.492 e. The number of pyridine rings is 2. The third-order valence-electron chi connectivity index (χ3n) is 6.04. The maximum Gasteiger partial charge on any atom is 0.138 e. The van der Waals surface area contributed by atoms with Gasteiger partial charge < -0.3 is 9.64 Å². The number of rotatable bonds is 6. The van der Waals surface area contributed by atoms with E-state index in [4.69, 9.17) is 16.1 Å². The summed E-state index contributed by atoms with van der Waals surface area (Å²) in [6.07, 6.45) is 10.9. The van der Waals surface area contributed by atoms with E-state index in [-0.39, 0.29) is 0 Å². The zero-order valence-electron chi connectivity index (χ0n) is 18.9. The number of ether oxygens (including phenoxy) is 1. The third kappa shape index (κ3) is 4.22. The summed E-state index contributed by atoms with van der Waals surface area (Å²) in [6.45, 7) is 7.14. The minimum atomic E-state index is 0.525. The van der Waals surface area contributed by atoms with Crippen LogP contribution in [0.15, 0.2) is 48.2 Å². The van der Waals surface area contributed by atoms with Crippen LogP contribution in [0.1, 0.15) is 22.9 Å². The molecule has 7 nitrogen and oxygen atoms in total. The van der Waals surface area contributed by atoms with E-state index in [1.54, 1.807) is 28.2 Å². The molecule has 0 amide bonds. The Hall–Kier alpha value is -3.85. The molecule has 5 heterocycles. The van der Waals surface area contributed by atoms with Gasteiger partial charge in [0, 0.05) is 60.5 Å². The van der Waals surface area contributed by atoms with E-state index in [0.29, 0.717) is 17.9 Å². The molecule has 0 bridgehead atoms. The predicted molar refractivity (Wildman–Crippen MR) is 134 cm³/mol. The quantitative estimate of drug-likeness (QED) is 0.398. The highest BCUT2D eigenvalue weighted by Gasteiger charge is 2.20. The fraction of sp³-hybridized carbons (Fsp3) is 0.269. The van der Waals surface area contributed by atoms with Crippen LogP contribution >= 0.6 is 11.3 Å². The van der Waals surface area contributed by atoms with Gasteiger partial charge in [-0.05, 0) is 36.6 Å². The van der Waals surface area contributed by atoms with Crippen LogP contribution in [0.4, 0.5) is 5.82 Å². The van der Waals surface area contributed by atoms with Crippen molar-refractivity contribution in [3.05, 3.63) is 64.2 Å². The van der Waals surface area contributed by atoms with Crippen LogP contribution < -0.4 is 9.64 Å². The number of anilines is 1. The number of fused-ring (bicyclic) bond motifs is 1. The van der Waals surface area contributed by atoms with Crippen LogP contribution in [0.5, 0.6) is 5.75 Å². The van der Waals surface area contributed by atoms with Crippen molar-refractivity contribution >= 4 is 22.7 Å². The first kappa shape index (κ1) is 22.0. The van der Waals surface area contributed by atoms with Crippen molar-refractivity contribution in [1.29, 1.82) is 5.26 Å². The Labute approximate surface area is 202 Å². The smallest absolute Gasteiger partial charge is 0.138 e. The summed E-state index contributed by atoms with van der Waals surface area (Å²) >= 11 is 1.73. The summed E-state index contributed by atoms with van der Waals surface area (Å²) in [5.41, 5.74) is 4.09. The van der Waals surface area contributed by atoms with Gasteiger partial charge in [0.2, 0.25) is 0 Å². The molecule has 34 heavy (non-hydrogen) atoms. The van der Waals surface area contributed by atoms with Gasteiger partial charge in [-0.2, -0.15) is 10.4 Å². The average Bonchev–Trinajstić information content (AvgIpc) is 3.50. The van der Waals surface area contributed by atoms with Gasteiger partial charge in [-0.3, -0.25) is 4.90 Å². The lowest BCUT2D eigenvalue weighted by Crippen LogP contribution is -2.46. The van der Waals surface area contributed by atoms with Gasteiger partial charge in [-0.15, -0.1) is 17.8 Å². The molecule has 1 aliphatic heterocycles. The lowest BCUT2D eigenvalue weighted by Gasteiger charge is -2.35. The van der Waals surface area contributed by atoms with Crippen molar-refractivity contribution < 1.29 is 4.74 Å². The summed E-state index contributed by atoms with van der Waals surface area (Å²) in [6, 6.07) is 10.3. The van der Waals surface area contributed by atoms with E-state index >= 15 is 0 Å². The summed E-state index contributed by atoms with van der Waals surface area (Å²) in [7, 11) is 0. The van der Waals surface area contributed by atoms with Gasteiger partial charge in [0.1, 0.15) is 17.6 Å². The Bertz CT molecular complexity index is 1380. The SMILES string of the molecule is C#Cc1ccsc1CN1CCN(c2ccc(-c3cc(OCC)cn4ncc(C#N)c34)cn2)CC1. The van der Waals surface area contributed by atoms with Crippen LogP contribution in [-0.2, 0) is 6.54 Å². The van der Waals surface area contributed by atoms with Crippen LogP contribution in [-0.4, -0.2) is 52.3 Å². The van der Waals surface area contributed by atoms with E-state index in [2.05, 4.69) is 38.3 Å². The Kier molecular flexibility index (Phi) is 6.18. The molecule has 5 rings (SSSR count). The highest BCUT2D eigenvalue weighted by atomic mass is 32.1. The second kappa shape index (κ2) is 9.56. The number of nitrogens with zero attached hydrogens (tertiary/aromatic N) is 6. The molecule has 0 N–H and O–H groups in total. The monoisotopic (exact) mass is 468 g/mol. The fourth-order valence-corrected chi connectivity index (χ4v) is 5.19. The Morgan fingerprint density at radius 1 is 1.15 bits per heavy atom. The number of nitriles is 1. The number of hydrogen-bond acceptors (Lipinski definition) is 7. The molecule has 0 spiro atoms. The van der Waals surface area contributed by atoms with Crippen LogP contribution in [0.3, 0.4) is 0 Å². The molecule has 0 radical (unpaired) electrons. The molecule has 0 saturated carbocycles. The van der Waals surface area contributed by atoms with Crippen LogP contribution in [0, 0.1) is 23.7 Å². The number of hydrogen-bond donors (Lipinski definition) is 0. The molecule has 0 unspecified atom stereocenters. The number of piperazine rings is 1. The summed E-state index contributed by atoms with van der Waals surface area (Å²) in [5.74, 6) is 4.44. The molecule has 8 heteroatoms. The number of terminal acetylenes is 1. The van der Waals surface area contributed by atoms with Crippen LogP contribution in [0.25, 0.3) is 16.6 Å². The molecule has 1 saturated heterocycles. The van der Waals surface area contributed by atoms with Crippen molar-refractivity contribution in [2.45, 2.75) is 13.5 Å². The van der Waals surface area contributed by atoms with Gasteiger partial charge in [0.15, 0.2) is 0 Å². The molecule has 4 aromatic rings. The highest BCUT2D eigenvalue weighted by molar-refractivity contribution is 7.10. The lowest BCUT2D eigenvalue weighted by atomic mass is 10.1. The van der Waals surface area contributed by atoms with Gasteiger partial charge >= 0.3 is 0 Å². The maximum absolute atomic E-state index is 9.54. The average molecular weight is 469 g/mol. The van der Waals surface area contributed by atoms with Gasteiger partial charge in [-0.1, -0.05) is 5.92 Å². The van der Waals surface area contributed by atoms with Gasteiger partial charge in [-0.25, -0.2) is 9.50 Å². The second-order valence-electron chi connectivity index (χ2n) is 8.06. The lowest BCUT2D eigenvalue weighted by molar-refractivity contribution is 0.251. The van der Waals surface area contributed by atoms with Crippen molar-refractivity contribution in [3.8, 4) is 35.3 Å². The molecule has 1 aliphatic rings. The van der Waals surface area contributed by atoms with Gasteiger partial charge in [0.05, 0.1) is 30.1 Å². The first-order valence-electron chi connectivity index (χ1n) is 11.2. The molecule has 170 valence electrons. The van der Waals surface area contributed by atoms with Crippen molar-refractivity contribution in [2.24, 2.45) is 0 Å². The van der Waals surface area contributed by atoms with E-state index in [0.717, 1.165) is 60.7 Å². The maximum atomic E-state index is 9.54. The van der Waals surface area contributed by atoms with Crippen molar-refractivity contribution in [2.75, 3.05) is 37.7 Å². The standard InChI is InChI=1S/C26H24N6OS/c1-3-19-7-12-34-24(19)18-30-8-10-31(11-9-30)25-6-5-20(15-28-25)23-13-22(33-4-2)17-32-26(23)21(14-27)16-29-32/h1,5-7,12-13,15-17H,4,8-11,18H2,2H3. The van der Waals surface area contributed by atoms with Gasteiger partial charge in [0.25, 0.3) is 0 Å². The Balaban J connectivity index is 1.33. The highest BCUT2D eigenvalue weighted by Crippen LogP contribution is 2.31. The minimum Gasteiger partial charge on any atom is -0.492 e. The van der Waals surface area contributed by atoms with Crippen LogP contribution in [0.2, 0.25) is 0 Å². The Morgan fingerprint density at radius 2 is 2.00 bits per heavy atom. The molecule has 0 atom stereocenters. The summed E-state index contributed by atoms with van der Waals surface area (Å²) < 4.78 is 7.41.